The normalized spacial score (nSPS) is 16.1. The van der Waals surface area contributed by atoms with E-state index in [-0.39, 0.29) is 11.7 Å². The highest BCUT2D eigenvalue weighted by molar-refractivity contribution is 5.22. The van der Waals surface area contributed by atoms with Gasteiger partial charge in [0.2, 0.25) is 0 Å². The quantitative estimate of drug-likeness (QED) is 0.851. The first-order chi connectivity index (χ1) is 10.3. The molecule has 21 heavy (non-hydrogen) atoms. The summed E-state index contributed by atoms with van der Waals surface area (Å²) in [6.07, 6.45) is 4.87. The topological polar surface area (TPSA) is 42.7 Å². The third kappa shape index (κ3) is 3.67. The average Bonchev–Trinajstić information content (AvgIpc) is 3.21. The monoisotopic (exact) mass is 288 g/mol. The van der Waals surface area contributed by atoms with Gasteiger partial charge in [0.15, 0.2) is 0 Å². The predicted octanol–water partition coefficient (Wildman–Crippen LogP) is 2.52. The Morgan fingerprint density at radius 2 is 2.29 bits per heavy atom. The summed E-state index contributed by atoms with van der Waals surface area (Å²) in [5, 5.41) is 7.76. The van der Waals surface area contributed by atoms with Gasteiger partial charge in [-0.1, -0.05) is 12.1 Å². The highest BCUT2D eigenvalue weighted by Crippen LogP contribution is 2.24. The molecule has 1 saturated carbocycles. The zero-order valence-corrected chi connectivity index (χ0v) is 12.3. The summed E-state index contributed by atoms with van der Waals surface area (Å²) in [4.78, 5) is 4.35. The fraction of sp³-hybridized carbons (Fsp3) is 0.500. The van der Waals surface area contributed by atoms with E-state index in [1.165, 1.54) is 18.9 Å². The van der Waals surface area contributed by atoms with Gasteiger partial charge >= 0.3 is 0 Å². The van der Waals surface area contributed by atoms with Crippen LogP contribution in [0.2, 0.25) is 0 Å². The van der Waals surface area contributed by atoms with Crippen molar-refractivity contribution < 1.29 is 4.39 Å². The highest BCUT2D eigenvalue weighted by Gasteiger charge is 2.23. The maximum absolute atomic E-state index is 13.5. The number of aromatic nitrogens is 3. The Bertz CT molecular complexity index is 591. The molecule has 0 amide bonds. The van der Waals surface area contributed by atoms with Gasteiger partial charge in [0.1, 0.15) is 18.0 Å². The number of hydrogen-bond acceptors (Lipinski definition) is 3. The van der Waals surface area contributed by atoms with Crippen molar-refractivity contribution >= 4 is 0 Å². The van der Waals surface area contributed by atoms with Crippen molar-refractivity contribution in [1.82, 2.24) is 20.1 Å². The van der Waals surface area contributed by atoms with Crippen LogP contribution in [0.15, 0.2) is 30.6 Å². The Labute approximate surface area is 124 Å². The molecule has 3 rings (SSSR count). The lowest BCUT2D eigenvalue weighted by molar-refractivity contribution is 0.532. The van der Waals surface area contributed by atoms with E-state index in [9.17, 15) is 4.39 Å². The summed E-state index contributed by atoms with van der Waals surface area (Å²) in [5.41, 5.74) is 1.02. The molecule has 0 radical (unpaired) electrons. The van der Waals surface area contributed by atoms with Crippen LogP contribution in [0.5, 0.6) is 0 Å². The number of hydrogen-bond donors (Lipinski definition) is 1. The maximum atomic E-state index is 13.5. The summed E-state index contributed by atoms with van der Waals surface area (Å²) in [5.74, 6) is 1.00. The van der Waals surface area contributed by atoms with E-state index in [0.717, 1.165) is 30.9 Å². The largest absolute Gasteiger partial charge is 0.313 e. The van der Waals surface area contributed by atoms with E-state index in [0.29, 0.717) is 6.04 Å². The van der Waals surface area contributed by atoms with Crippen LogP contribution in [-0.2, 0) is 13.0 Å². The molecular weight excluding hydrogens is 267 g/mol. The fourth-order valence-electron chi connectivity index (χ4n) is 2.60. The van der Waals surface area contributed by atoms with Crippen LogP contribution in [0, 0.1) is 5.82 Å². The number of rotatable bonds is 7. The van der Waals surface area contributed by atoms with Gasteiger partial charge in [0.25, 0.3) is 0 Å². The number of benzene rings is 1. The molecule has 4 nitrogen and oxygen atoms in total. The summed E-state index contributed by atoms with van der Waals surface area (Å²) >= 11 is 0. The molecule has 0 bridgehead atoms. The number of aryl methyl sites for hydroxylation is 1. The Morgan fingerprint density at radius 3 is 3.00 bits per heavy atom. The Morgan fingerprint density at radius 1 is 1.43 bits per heavy atom. The van der Waals surface area contributed by atoms with Gasteiger partial charge in [0, 0.05) is 31.5 Å². The maximum Gasteiger partial charge on any atom is 0.138 e. The third-order valence-electron chi connectivity index (χ3n) is 3.97. The lowest BCUT2D eigenvalue weighted by Crippen LogP contribution is -2.25. The Kier molecular flexibility index (Phi) is 4.29. The molecule has 1 aromatic heterocycles. The SMILES string of the molecule is CCn1ncnc1CC(CNC1CC1)c1cccc(F)c1. The molecule has 0 saturated heterocycles. The van der Waals surface area contributed by atoms with E-state index in [2.05, 4.69) is 22.3 Å². The predicted molar refractivity (Wildman–Crippen MR) is 79.6 cm³/mol. The smallest absolute Gasteiger partial charge is 0.138 e. The summed E-state index contributed by atoms with van der Waals surface area (Å²) in [6.45, 7) is 3.71. The Hall–Kier alpha value is -1.75. The second-order valence-corrected chi connectivity index (χ2v) is 5.63. The van der Waals surface area contributed by atoms with Crippen LogP contribution in [0.1, 0.15) is 37.1 Å². The number of nitrogens with zero attached hydrogens (tertiary/aromatic N) is 3. The molecule has 0 spiro atoms. The van der Waals surface area contributed by atoms with E-state index in [1.54, 1.807) is 18.5 Å². The van der Waals surface area contributed by atoms with E-state index in [4.69, 9.17) is 0 Å². The zero-order valence-electron chi connectivity index (χ0n) is 12.3. The molecule has 1 heterocycles. The van der Waals surface area contributed by atoms with Crippen molar-refractivity contribution in [3.05, 3.63) is 47.8 Å². The second-order valence-electron chi connectivity index (χ2n) is 5.63. The first-order valence-corrected chi connectivity index (χ1v) is 7.61. The molecule has 1 unspecified atom stereocenters. The van der Waals surface area contributed by atoms with Gasteiger partial charge in [-0.2, -0.15) is 5.10 Å². The molecule has 1 aliphatic carbocycles. The van der Waals surface area contributed by atoms with E-state index >= 15 is 0 Å². The van der Waals surface area contributed by atoms with Crippen molar-refractivity contribution in [2.24, 2.45) is 0 Å². The first-order valence-electron chi connectivity index (χ1n) is 7.61. The molecule has 2 aromatic rings. The van der Waals surface area contributed by atoms with Crippen LogP contribution in [-0.4, -0.2) is 27.4 Å². The van der Waals surface area contributed by atoms with Crippen LogP contribution in [0.3, 0.4) is 0 Å². The van der Waals surface area contributed by atoms with Gasteiger partial charge in [-0.25, -0.2) is 9.37 Å². The Balaban J connectivity index is 1.77. The van der Waals surface area contributed by atoms with Crippen molar-refractivity contribution in [2.45, 2.75) is 44.7 Å². The van der Waals surface area contributed by atoms with Gasteiger partial charge in [-0.3, -0.25) is 4.68 Å². The highest BCUT2D eigenvalue weighted by atomic mass is 19.1. The first kappa shape index (κ1) is 14.2. The van der Waals surface area contributed by atoms with Crippen molar-refractivity contribution in [1.29, 1.82) is 0 Å². The lowest BCUT2D eigenvalue weighted by atomic mass is 9.95. The van der Waals surface area contributed by atoms with Gasteiger partial charge < -0.3 is 5.32 Å². The number of halogens is 1. The van der Waals surface area contributed by atoms with E-state index in [1.807, 2.05) is 10.7 Å². The summed E-state index contributed by atoms with van der Waals surface area (Å²) in [6, 6.07) is 7.54. The van der Waals surface area contributed by atoms with Crippen molar-refractivity contribution in [2.75, 3.05) is 6.54 Å². The van der Waals surface area contributed by atoms with Crippen LogP contribution >= 0.6 is 0 Å². The molecule has 1 N–H and O–H groups in total. The minimum Gasteiger partial charge on any atom is -0.313 e. The molecule has 0 aliphatic heterocycles. The lowest BCUT2D eigenvalue weighted by Gasteiger charge is -2.18. The van der Waals surface area contributed by atoms with Crippen LogP contribution < -0.4 is 5.32 Å². The standard InChI is InChI=1S/C16H21FN4/c1-2-21-16(19-11-20-21)9-13(10-18-15-6-7-15)12-4-3-5-14(17)8-12/h3-5,8,11,13,15,18H,2,6-7,9-10H2,1H3. The molecule has 1 atom stereocenters. The molecule has 1 aliphatic rings. The minimum absolute atomic E-state index is 0.180. The second kappa shape index (κ2) is 6.35. The molecule has 1 fully saturated rings. The summed E-state index contributed by atoms with van der Waals surface area (Å²) in [7, 11) is 0. The van der Waals surface area contributed by atoms with Crippen LogP contribution in [0.25, 0.3) is 0 Å². The third-order valence-corrected chi connectivity index (χ3v) is 3.97. The molecule has 5 heteroatoms. The van der Waals surface area contributed by atoms with Gasteiger partial charge in [-0.05, 0) is 37.5 Å². The molecule has 1 aromatic carbocycles. The molecule has 112 valence electrons. The minimum atomic E-state index is -0.180. The van der Waals surface area contributed by atoms with Gasteiger partial charge in [0.05, 0.1) is 0 Å². The number of nitrogens with one attached hydrogen (secondary N) is 1. The van der Waals surface area contributed by atoms with Crippen LogP contribution in [0.4, 0.5) is 4.39 Å². The van der Waals surface area contributed by atoms with E-state index < -0.39 is 0 Å². The molecular formula is C16H21FN4. The van der Waals surface area contributed by atoms with Crippen molar-refractivity contribution in [3.8, 4) is 0 Å². The van der Waals surface area contributed by atoms with Crippen molar-refractivity contribution in [3.63, 3.8) is 0 Å². The zero-order chi connectivity index (χ0) is 14.7. The summed E-state index contributed by atoms with van der Waals surface area (Å²) < 4.78 is 15.4. The fourth-order valence-corrected chi connectivity index (χ4v) is 2.60. The average molecular weight is 288 g/mol. The van der Waals surface area contributed by atoms with Gasteiger partial charge in [-0.15, -0.1) is 0 Å².